The third-order valence-corrected chi connectivity index (χ3v) is 6.03. The Balaban J connectivity index is 2.14. The third kappa shape index (κ3) is 4.24. The van der Waals surface area contributed by atoms with Crippen LogP contribution in [0.4, 0.5) is 0 Å². The molecule has 6 heteroatoms. The SMILES string of the molecule is CCCCc1ccc(S(=O)(=O)N(C)Cc2cn(CC)nc2C)cc1. The van der Waals surface area contributed by atoms with Crippen molar-refractivity contribution in [3.8, 4) is 0 Å². The maximum absolute atomic E-state index is 12.7. The van der Waals surface area contributed by atoms with Gasteiger partial charge in [0.05, 0.1) is 10.6 Å². The third-order valence-electron chi connectivity index (χ3n) is 4.22. The molecule has 0 atom stereocenters. The van der Waals surface area contributed by atoms with Gasteiger partial charge in [-0.2, -0.15) is 9.40 Å². The fraction of sp³-hybridized carbons (Fsp3) is 0.500. The van der Waals surface area contributed by atoms with Crippen LogP contribution >= 0.6 is 0 Å². The first-order valence-corrected chi connectivity index (χ1v) is 9.90. The van der Waals surface area contributed by atoms with E-state index in [9.17, 15) is 8.42 Å². The summed E-state index contributed by atoms with van der Waals surface area (Å²) in [5.74, 6) is 0. The van der Waals surface area contributed by atoms with Crippen molar-refractivity contribution < 1.29 is 8.42 Å². The number of unbranched alkanes of at least 4 members (excludes halogenated alkanes) is 1. The Labute approximate surface area is 145 Å². The van der Waals surface area contributed by atoms with E-state index in [-0.39, 0.29) is 0 Å². The molecule has 5 nitrogen and oxygen atoms in total. The lowest BCUT2D eigenvalue weighted by Crippen LogP contribution is -2.26. The molecule has 0 spiro atoms. The molecule has 0 saturated heterocycles. The molecule has 0 N–H and O–H groups in total. The van der Waals surface area contributed by atoms with Crippen LogP contribution in [0.3, 0.4) is 0 Å². The molecule has 132 valence electrons. The zero-order chi connectivity index (χ0) is 17.7. The van der Waals surface area contributed by atoms with E-state index < -0.39 is 10.0 Å². The number of aryl methyl sites for hydroxylation is 3. The standard InChI is InChI=1S/C18H27N3O2S/c1-5-7-8-16-9-11-18(12-10-16)24(22,23)20(4)13-17-14-21(6-2)19-15(17)3/h9-12,14H,5-8,13H2,1-4H3. The fourth-order valence-corrected chi connectivity index (χ4v) is 3.74. The molecule has 0 fully saturated rings. The molecule has 0 saturated carbocycles. The van der Waals surface area contributed by atoms with Crippen LogP contribution in [0, 0.1) is 6.92 Å². The van der Waals surface area contributed by atoms with E-state index in [4.69, 9.17) is 0 Å². The summed E-state index contributed by atoms with van der Waals surface area (Å²) in [4.78, 5) is 0.339. The second kappa shape index (κ2) is 7.94. The Morgan fingerprint density at radius 1 is 1.17 bits per heavy atom. The van der Waals surface area contributed by atoms with Crippen molar-refractivity contribution in [2.24, 2.45) is 0 Å². The first-order chi connectivity index (χ1) is 11.4. The van der Waals surface area contributed by atoms with Crippen LogP contribution in [-0.4, -0.2) is 29.6 Å². The number of rotatable bonds is 8. The van der Waals surface area contributed by atoms with Gasteiger partial charge in [-0.05, 0) is 44.4 Å². The molecule has 0 aliphatic heterocycles. The predicted octanol–water partition coefficient (Wildman–Crippen LogP) is 3.37. The first kappa shape index (κ1) is 18.7. The fourth-order valence-electron chi connectivity index (χ4n) is 2.59. The summed E-state index contributed by atoms with van der Waals surface area (Å²) in [5.41, 5.74) is 2.98. The zero-order valence-corrected chi connectivity index (χ0v) is 15.8. The Kier molecular flexibility index (Phi) is 6.18. The van der Waals surface area contributed by atoms with Crippen molar-refractivity contribution in [3.05, 3.63) is 47.3 Å². The molecule has 1 aromatic carbocycles. The van der Waals surface area contributed by atoms with Gasteiger partial charge < -0.3 is 0 Å². The topological polar surface area (TPSA) is 55.2 Å². The number of hydrogen-bond acceptors (Lipinski definition) is 3. The second-order valence-electron chi connectivity index (χ2n) is 6.10. The van der Waals surface area contributed by atoms with Crippen LogP contribution in [0.15, 0.2) is 35.4 Å². The van der Waals surface area contributed by atoms with E-state index in [2.05, 4.69) is 12.0 Å². The summed E-state index contributed by atoms with van der Waals surface area (Å²) in [6, 6.07) is 7.24. The molecule has 24 heavy (non-hydrogen) atoms. The molecule has 0 radical (unpaired) electrons. The molecule has 1 aromatic heterocycles. The second-order valence-corrected chi connectivity index (χ2v) is 8.15. The lowest BCUT2D eigenvalue weighted by molar-refractivity contribution is 0.466. The van der Waals surface area contributed by atoms with Gasteiger partial charge >= 0.3 is 0 Å². The number of benzene rings is 1. The molecule has 0 unspecified atom stereocenters. The molecule has 0 aliphatic carbocycles. The predicted molar refractivity (Wildman–Crippen MR) is 96.3 cm³/mol. The highest BCUT2D eigenvalue weighted by Crippen LogP contribution is 2.19. The van der Waals surface area contributed by atoms with Gasteiger partial charge in [0.2, 0.25) is 10.0 Å². The van der Waals surface area contributed by atoms with Crippen LogP contribution in [0.25, 0.3) is 0 Å². The van der Waals surface area contributed by atoms with Gasteiger partial charge in [0, 0.05) is 31.9 Å². The highest BCUT2D eigenvalue weighted by molar-refractivity contribution is 7.89. The number of aromatic nitrogens is 2. The summed E-state index contributed by atoms with van der Waals surface area (Å²) in [7, 11) is -1.88. The van der Waals surface area contributed by atoms with Crippen molar-refractivity contribution in [1.82, 2.24) is 14.1 Å². The van der Waals surface area contributed by atoms with Crippen LogP contribution in [0.1, 0.15) is 43.5 Å². The smallest absolute Gasteiger partial charge is 0.243 e. The molecule has 0 bridgehead atoms. The van der Waals surface area contributed by atoms with Gasteiger partial charge in [0.1, 0.15) is 0 Å². The largest absolute Gasteiger partial charge is 0.272 e. The van der Waals surface area contributed by atoms with E-state index in [1.807, 2.05) is 36.9 Å². The van der Waals surface area contributed by atoms with Gasteiger partial charge in [-0.25, -0.2) is 8.42 Å². The molecule has 0 aliphatic rings. The summed E-state index contributed by atoms with van der Waals surface area (Å²) < 4.78 is 28.7. The number of sulfonamides is 1. The average Bonchev–Trinajstić information content (AvgIpc) is 2.93. The quantitative estimate of drug-likeness (QED) is 0.734. The molecule has 1 heterocycles. The minimum Gasteiger partial charge on any atom is -0.272 e. The average molecular weight is 350 g/mol. The zero-order valence-electron chi connectivity index (χ0n) is 15.0. The molecular formula is C18H27N3O2S. The van der Waals surface area contributed by atoms with E-state index in [1.54, 1.807) is 19.2 Å². The van der Waals surface area contributed by atoms with Crippen molar-refractivity contribution in [3.63, 3.8) is 0 Å². The van der Waals surface area contributed by atoms with Crippen LogP contribution in [0.2, 0.25) is 0 Å². The van der Waals surface area contributed by atoms with Crippen LogP contribution in [0.5, 0.6) is 0 Å². The van der Waals surface area contributed by atoms with E-state index >= 15 is 0 Å². The molecule has 2 rings (SSSR count). The van der Waals surface area contributed by atoms with Gasteiger partial charge in [0.15, 0.2) is 0 Å². The minimum absolute atomic E-state index is 0.325. The molecule has 2 aromatic rings. The maximum atomic E-state index is 12.7. The number of nitrogens with zero attached hydrogens (tertiary/aromatic N) is 3. The summed E-state index contributed by atoms with van der Waals surface area (Å²) in [6.07, 6.45) is 5.15. The van der Waals surface area contributed by atoms with Crippen molar-refractivity contribution in [1.29, 1.82) is 0 Å². The Morgan fingerprint density at radius 2 is 1.83 bits per heavy atom. The van der Waals surface area contributed by atoms with E-state index in [0.29, 0.717) is 11.4 Å². The van der Waals surface area contributed by atoms with Gasteiger partial charge in [-0.3, -0.25) is 4.68 Å². The molecular weight excluding hydrogens is 322 g/mol. The van der Waals surface area contributed by atoms with Crippen LogP contribution < -0.4 is 0 Å². The highest BCUT2D eigenvalue weighted by Gasteiger charge is 2.22. The Hall–Kier alpha value is -1.66. The lowest BCUT2D eigenvalue weighted by atomic mass is 10.1. The van der Waals surface area contributed by atoms with Gasteiger partial charge in [0.25, 0.3) is 0 Å². The first-order valence-electron chi connectivity index (χ1n) is 8.46. The highest BCUT2D eigenvalue weighted by atomic mass is 32.2. The van der Waals surface area contributed by atoms with Crippen LogP contribution in [-0.2, 0) is 29.5 Å². The maximum Gasteiger partial charge on any atom is 0.243 e. The normalized spacial score (nSPS) is 12.0. The Bertz CT molecular complexity index is 764. The van der Waals surface area contributed by atoms with Crippen molar-refractivity contribution in [2.75, 3.05) is 7.05 Å². The van der Waals surface area contributed by atoms with Crippen molar-refractivity contribution in [2.45, 2.75) is 58.0 Å². The monoisotopic (exact) mass is 349 g/mol. The van der Waals surface area contributed by atoms with Gasteiger partial charge in [-0.15, -0.1) is 0 Å². The summed E-state index contributed by atoms with van der Waals surface area (Å²) >= 11 is 0. The van der Waals surface area contributed by atoms with Crippen molar-refractivity contribution >= 4 is 10.0 Å². The van der Waals surface area contributed by atoms with E-state index in [1.165, 1.54) is 9.87 Å². The Morgan fingerprint density at radius 3 is 2.38 bits per heavy atom. The number of hydrogen-bond donors (Lipinski definition) is 0. The van der Waals surface area contributed by atoms with E-state index in [0.717, 1.165) is 37.1 Å². The van der Waals surface area contributed by atoms with Gasteiger partial charge in [-0.1, -0.05) is 25.5 Å². The molecule has 0 amide bonds. The lowest BCUT2D eigenvalue weighted by Gasteiger charge is -2.17. The minimum atomic E-state index is -3.49. The summed E-state index contributed by atoms with van der Waals surface area (Å²) in [6.45, 7) is 7.17. The summed E-state index contributed by atoms with van der Waals surface area (Å²) in [5, 5.41) is 4.37.